The van der Waals surface area contributed by atoms with Gasteiger partial charge in [-0.2, -0.15) is 0 Å². The topological polar surface area (TPSA) is 112 Å². The second-order valence-corrected chi connectivity index (χ2v) is 8.45. The zero-order valence-electron chi connectivity index (χ0n) is 18.3. The summed E-state index contributed by atoms with van der Waals surface area (Å²) in [6.45, 7) is 0.711. The second kappa shape index (κ2) is 9.37. The van der Waals surface area contributed by atoms with Gasteiger partial charge in [-0.25, -0.2) is 18.0 Å². The minimum absolute atomic E-state index is 0.0696. The number of nitrogens with one attached hydrogen (secondary N) is 3. The number of nitrogens with zero attached hydrogens (tertiary/aromatic N) is 3. The highest BCUT2D eigenvalue weighted by Crippen LogP contribution is 2.27. The smallest absolute Gasteiger partial charge is 0.319 e. The lowest BCUT2D eigenvalue weighted by molar-refractivity contribution is -0.129. The van der Waals surface area contributed by atoms with E-state index in [1.807, 2.05) is 4.90 Å². The van der Waals surface area contributed by atoms with Crippen molar-refractivity contribution in [1.82, 2.24) is 25.7 Å². The Kier molecular flexibility index (Phi) is 6.12. The fraction of sp³-hybridized carbons (Fsp3) is 0.304. The molecule has 182 valence electrons. The number of carbonyl (C=O) groups excluding carboxylic acids is 2. The van der Waals surface area contributed by atoms with E-state index in [1.165, 1.54) is 6.07 Å². The van der Waals surface area contributed by atoms with E-state index in [4.69, 9.17) is 4.42 Å². The molecule has 0 radical (unpaired) electrons. The first-order chi connectivity index (χ1) is 16.9. The Bertz CT molecular complexity index is 1270. The van der Waals surface area contributed by atoms with E-state index in [9.17, 15) is 22.8 Å². The van der Waals surface area contributed by atoms with Crippen molar-refractivity contribution < 1.29 is 27.2 Å². The number of anilines is 1. The molecule has 3 N–H and O–H groups in total. The van der Waals surface area contributed by atoms with Crippen LogP contribution in [0.4, 0.5) is 23.7 Å². The van der Waals surface area contributed by atoms with Crippen molar-refractivity contribution in [3.8, 4) is 11.5 Å². The molecule has 3 heterocycles. The van der Waals surface area contributed by atoms with Crippen LogP contribution in [0.5, 0.6) is 0 Å². The zero-order chi connectivity index (χ0) is 24.5. The largest absolute Gasteiger partial charge is 0.421 e. The van der Waals surface area contributed by atoms with Gasteiger partial charge in [-0.15, -0.1) is 10.2 Å². The van der Waals surface area contributed by atoms with Crippen LogP contribution in [-0.2, 0) is 11.2 Å². The van der Waals surface area contributed by atoms with Gasteiger partial charge in [-0.05, 0) is 30.7 Å². The highest BCUT2D eigenvalue weighted by Gasteiger charge is 2.44. The van der Waals surface area contributed by atoms with Crippen LogP contribution < -0.4 is 16.0 Å². The summed E-state index contributed by atoms with van der Waals surface area (Å²) >= 11 is 0. The van der Waals surface area contributed by atoms with Crippen LogP contribution in [0.1, 0.15) is 12.3 Å². The molecule has 0 unspecified atom stereocenters. The van der Waals surface area contributed by atoms with Gasteiger partial charge in [0.2, 0.25) is 11.8 Å². The minimum atomic E-state index is -0.891. The van der Waals surface area contributed by atoms with E-state index in [1.54, 1.807) is 18.2 Å². The molecular formula is C23H21F3N6O3. The van der Waals surface area contributed by atoms with E-state index < -0.39 is 29.5 Å². The lowest BCUT2D eigenvalue weighted by atomic mass is 10.1. The van der Waals surface area contributed by atoms with E-state index in [2.05, 4.69) is 26.1 Å². The predicted molar refractivity (Wildman–Crippen MR) is 118 cm³/mol. The predicted octanol–water partition coefficient (Wildman–Crippen LogP) is 2.46. The van der Waals surface area contributed by atoms with Crippen molar-refractivity contribution in [2.24, 2.45) is 0 Å². The fourth-order valence-electron chi connectivity index (χ4n) is 4.49. The molecule has 0 aliphatic carbocycles. The van der Waals surface area contributed by atoms with Gasteiger partial charge >= 0.3 is 6.03 Å². The van der Waals surface area contributed by atoms with Crippen LogP contribution in [0.25, 0.3) is 11.5 Å². The summed E-state index contributed by atoms with van der Waals surface area (Å²) in [6, 6.07) is 7.22. The average molecular weight is 486 g/mol. The molecule has 3 aromatic rings. The number of hydrogen-bond acceptors (Lipinski definition) is 6. The highest BCUT2D eigenvalue weighted by atomic mass is 19.1. The van der Waals surface area contributed by atoms with E-state index >= 15 is 0 Å². The number of urea groups is 1. The zero-order valence-corrected chi connectivity index (χ0v) is 18.3. The second-order valence-electron chi connectivity index (χ2n) is 8.45. The normalized spacial score (nSPS) is 21.9. The molecule has 2 saturated heterocycles. The molecule has 0 spiro atoms. The average Bonchev–Trinajstić information content (AvgIpc) is 3.46. The molecule has 2 fully saturated rings. The minimum Gasteiger partial charge on any atom is -0.421 e. The molecule has 9 nitrogen and oxygen atoms in total. The van der Waals surface area contributed by atoms with Gasteiger partial charge in [0.15, 0.2) is 0 Å². The van der Waals surface area contributed by atoms with Crippen molar-refractivity contribution in [3.05, 3.63) is 65.8 Å². The summed E-state index contributed by atoms with van der Waals surface area (Å²) in [4.78, 5) is 26.8. The Morgan fingerprint density at radius 3 is 2.77 bits per heavy atom. The summed E-state index contributed by atoms with van der Waals surface area (Å²) in [5, 5.41) is 15.9. The van der Waals surface area contributed by atoms with Gasteiger partial charge in [0.05, 0.1) is 17.3 Å². The Labute approximate surface area is 197 Å². The highest BCUT2D eigenvalue weighted by molar-refractivity contribution is 5.90. The van der Waals surface area contributed by atoms with Crippen molar-refractivity contribution in [2.75, 3.05) is 18.4 Å². The summed E-state index contributed by atoms with van der Waals surface area (Å²) in [5.74, 6) is -1.91. The third kappa shape index (κ3) is 4.83. The van der Waals surface area contributed by atoms with Gasteiger partial charge < -0.3 is 20.4 Å². The quantitative estimate of drug-likeness (QED) is 0.511. The molecule has 1 aromatic heterocycles. The van der Waals surface area contributed by atoms with Crippen LogP contribution >= 0.6 is 0 Å². The first-order valence-corrected chi connectivity index (χ1v) is 11.0. The van der Waals surface area contributed by atoms with Gasteiger partial charge in [-0.3, -0.25) is 9.69 Å². The number of hydrogen-bond donors (Lipinski definition) is 3. The van der Waals surface area contributed by atoms with Crippen LogP contribution in [0.2, 0.25) is 0 Å². The van der Waals surface area contributed by atoms with Crippen LogP contribution in [0.3, 0.4) is 0 Å². The van der Waals surface area contributed by atoms with Crippen LogP contribution in [-0.4, -0.2) is 58.3 Å². The molecular weight excluding hydrogens is 465 g/mol. The molecule has 3 atom stereocenters. The number of rotatable bonds is 5. The number of aromatic nitrogens is 2. The van der Waals surface area contributed by atoms with Crippen molar-refractivity contribution >= 4 is 17.6 Å². The lowest BCUT2D eigenvalue weighted by Crippen LogP contribution is -2.58. The summed E-state index contributed by atoms with van der Waals surface area (Å²) in [6.07, 6.45) is 0.671. The van der Waals surface area contributed by atoms with Gasteiger partial charge in [0.1, 0.15) is 17.5 Å². The van der Waals surface area contributed by atoms with E-state index in [-0.39, 0.29) is 35.1 Å². The van der Waals surface area contributed by atoms with Gasteiger partial charge in [0, 0.05) is 37.7 Å². The Balaban J connectivity index is 1.23. The van der Waals surface area contributed by atoms with Gasteiger partial charge in [-0.1, -0.05) is 12.1 Å². The molecule has 0 bridgehead atoms. The summed E-state index contributed by atoms with van der Waals surface area (Å²) in [7, 11) is 0. The maximum Gasteiger partial charge on any atom is 0.319 e. The number of fused-ring (bicyclic) bond motifs is 1. The number of piperazine rings is 1. The SMILES string of the molecule is O=C(Nc1ccc(F)cc1F)N[C@H]1C[C@H]2C(=O)NC[C@@H](Cc3nnc(-c4ccccc4F)o3)N2C1. The standard InChI is InChI=1S/C23H21F3N6O3/c24-12-5-6-18(17(26)7-12)29-23(34)28-13-8-19-21(33)27-10-14(32(19)11-13)9-20-30-31-22(35-20)15-3-1-2-4-16(15)25/h1-7,13-14,19H,8-11H2,(H,27,33)(H2,28,29,34)/t13-,14+,19-/m0/s1. The third-order valence-corrected chi connectivity index (χ3v) is 6.12. The molecule has 0 saturated carbocycles. The van der Waals surface area contributed by atoms with E-state index in [0.717, 1.165) is 12.1 Å². The number of halogens is 3. The maximum absolute atomic E-state index is 14.0. The molecule has 12 heteroatoms. The Hall–Kier alpha value is -3.93. The molecule has 5 rings (SSSR count). The van der Waals surface area contributed by atoms with Crippen LogP contribution in [0, 0.1) is 17.5 Å². The monoisotopic (exact) mass is 486 g/mol. The molecule has 35 heavy (non-hydrogen) atoms. The summed E-state index contributed by atoms with van der Waals surface area (Å²) < 4.78 is 46.6. The van der Waals surface area contributed by atoms with Gasteiger partial charge in [0.25, 0.3) is 5.89 Å². The first-order valence-electron chi connectivity index (χ1n) is 11.0. The third-order valence-electron chi connectivity index (χ3n) is 6.12. The van der Waals surface area contributed by atoms with Crippen LogP contribution in [0.15, 0.2) is 46.9 Å². The number of benzene rings is 2. The van der Waals surface area contributed by atoms with Crippen molar-refractivity contribution in [1.29, 1.82) is 0 Å². The molecule has 2 aliphatic rings. The van der Waals surface area contributed by atoms with Crippen molar-refractivity contribution in [3.63, 3.8) is 0 Å². The first kappa shape index (κ1) is 22.8. The lowest BCUT2D eigenvalue weighted by Gasteiger charge is -2.36. The van der Waals surface area contributed by atoms with Crippen molar-refractivity contribution in [2.45, 2.75) is 31.0 Å². The summed E-state index contributed by atoms with van der Waals surface area (Å²) in [5.41, 5.74) is 0.0485. The fourth-order valence-corrected chi connectivity index (χ4v) is 4.49. The Morgan fingerprint density at radius 2 is 1.97 bits per heavy atom. The molecule has 2 aromatic carbocycles. The molecule has 3 amide bonds. The molecule has 2 aliphatic heterocycles. The van der Waals surface area contributed by atoms with E-state index in [0.29, 0.717) is 37.9 Å². The number of amides is 3. The Morgan fingerprint density at radius 1 is 1.14 bits per heavy atom. The number of carbonyl (C=O) groups is 2. The maximum atomic E-state index is 14.0.